The summed E-state index contributed by atoms with van der Waals surface area (Å²) in [5.41, 5.74) is 11.1. The fraction of sp³-hybridized carbons (Fsp3) is 0.208. The first-order valence-corrected chi connectivity index (χ1v) is 10.4. The molecule has 0 aliphatic carbocycles. The Balaban J connectivity index is 1.49. The number of para-hydroxylation sites is 1. The maximum absolute atomic E-state index is 5.93. The summed E-state index contributed by atoms with van der Waals surface area (Å²) >= 11 is 0. The minimum absolute atomic E-state index is 0.503. The molecule has 3 heterocycles. The fourth-order valence-corrected chi connectivity index (χ4v) is 3.83. The SMILES string of the molecule is Nc1cc(-c2cc(CN3CCOCC3)cc(Nc3ncc4ccccc4n3)c2)ccn1. The fourth-order valence-electron chi connectivity index (χ4n) is 3.83. The van der Waals surface area contributed by atoms with Gasteiger partial charge in [-0.1, -0.05) is 18.2 Å². The number of rotatable bonds is 5. The highest BCUT2D eigenvalue weighted by Gasteiger charge is 2.13. The number of hydrogen-bond donors (Lipinski definition) is 2. The smallest absolute Gasteiger partial charge is 0.227 e. The number of pyridine rings is 1. The molecule has 7 heteroatoms. The third-order valence-corrected chi connectivity index (χ3v) is 5.36. The van der Waals surface area contributed by atoms with Crippen LogP contribution in [0.25, 0.3) is 22.0 Å². The predicted octanol–water partition coefficient (Wildman–Crippen LogP) is 3.85. The van der Waals surface area contributed by atoms with Crippen molar-refractivity contribution in [1.82, 2.24) is 19.9 Å². The minimum Gasteiger partial charge on any atom is -0.384 e. The lowest BCUT2D eigenvalue weighted by atomic mass is 10.0. The van der Waals surface area contributed by atoms with Crippen molar-refractivity contribution in [3.63, 3.8) is 0 Å². The molecule has 1 saturated heterocycles. The van der Waals surface area contributed by atoms with E-state index in [4.69, 9.17) is 10.5 Å². The molecule has 7 nitrogen and oxygen atoms in total. The summed E-state index contributed by atoms with van der Waals surface area (Å²) in [5.74, 6) is 1.07. The lowest BCUT2D eigenvalue weighted by Crippen LogP contribution is -2.35. The summed E-state index contributed by atoms with van der Waals surface area (Å²) in [6, 6.07) is 18.3. The molecule has 1 aliphatic heterocycles. The van der Waals surface area contributed by atoms with Crippen molar-refractivity contribution in [1.29, 1.82) is 0 Å². The van der Waals surface area contributed by atoms with Gasteiger partial charge in [0.05, 0.1) is 18.7 Å². The van der Waals surface area contributed by atoms with E-state index in [1.165, 1.54) is 5.56 Å². The van der Waals surface area contributed by atoms with Crippen LogP contribution in [0.1, 0.15) is 5.56 Å². The van der Waals surface area contributed by atoms with Gasteiger partial charge in [-0.15, -0.1) is 0 Å². The first-order chi connectivity index (χ1) is 15.2. The number of nitrogens with one attached hydrogen (secondary N) is 1. The largest absolute Gasteiger partial charge is 0.384 e. The Hall–Kier alpha value is -3.55. The van der Waals surface area contributed by atoms with Crippen LogP contribution in [0.15, 0.2) is 67.0 Å². The minimum atomic E-state index is 0.503. The molecular formula is C24H24N6O. The summed E-state index contributed by atoms with van der Waals surface area (Å²) in [6.45, 7) is 4.27. The summed E-state index contributed by atoms with van der Waals surface area (Å²) in [4.78, 5) is 15.7. The van der Waals surface area contributed by atoms with E-state index in [9.17, 15) is 0 Å². The van der Waals surface area contributed by atoms with Gasteiger partial charge in [-0.2, -0.15) is 0 Å². The Labute approximate surface area is 180 Å². The first kappa shape index (κ1) is 19.4. The van der Waals surface area contributed by atoms with E-state index in [0.717, 1.165) is 60.6 Å². The molecule has 31 heavy (non-hydrogen) atoms. The number of nitrogens with zero attached hydrogens (tertiary/aromatic N) is 4. The molecule has 1 fully saturated rings. The normalized spacial score (nSPS) is 14.6. The van der Waals surface area contributed by atoms with Crippen LogP contribution in [-0.4, -0.2) is 46.2 Å². The average molecular weight is 412 g/mol. The number of aromatic nitrogens is 3. The van der Waals surface area contributed by atoms with Crippen molar-refractivity contribution in [3.8, 4) is 11.1 Å². The lowest BCUT2D eigenvalue weighted by Gasteiger charge is -2.27. The molecular weight excluding hydrogens is 388 g/mol. The highest BCUT2D eigenvalue weighted by molar-refractivity contribution is 5.79. The van der Waals surface area contributed by atoms with Crippen molar-refractivity contribution in [2.24, 2.45) is 0 Å². The van der Waals surface area contributed by atoms with Gasteiger partial charge in [0.1, 0.15) is 5.82 Å². The van der Waals surface area contributed by atoms with Crippen LogP contribution in [0.3, 0.4) is 0 Å². The van der Waals surface area contributed by atoms with Crippen molar-refractivity contribution < 1.29 is 4.74 Å². The Morgan fingerprint density at radius 1 is 0.968 bits per heavy atom. The Bertz CT molecular complexity index is 1210. The second-order valence-corrected chi connectivity index (χ2v) is 7.65. The van der Waals surface area contributed by atoms with E-state index in [0.29, 0.717) is 11.8 Å². The molecule has 4 aromatic rings. The van der Waals surface area contributed by atoms with Crippen LogP contribution in [-0.2, 0) is 11.3 Å². The van der Waals surface area contributed by atoms with E-state index in [-0.39, 0.29) is 0 Å². The summed E-state index contributed by atoms with van der Waals surface area (Å²) in [5, 5.41) is 4.40. The zero-order valence-electron chi connectivity index (χ0n) is 17.2. The van der Waals surface area contributed by atoms with Crippen molar-refractivity contribution in [2.45, 2.75) is 6.54 Å². The summed E-state index contributed by atoms with van der Waals surface area (Å²) in [7, 11) is 0. The van der Waals surface area contributed by atoms with Crippen molar-refractivity contribution >= 4 is 28.4 Å². The second-order valence-electron chi connectivity index (χ2n) is 7.65. The topological polar surface area (TPSA) is 89.2 Å². The lowest BCUT2D eigenvalue weighted by molar-refractivity contribution is 0.0342. The number of ether oxygens (including phenoxy) is 1. The molecule has 5 rings (SSSR count). The van der Waals surface area contributed by atoms with Gasteiger partial charge >= 0.3 is 0 Å². The van der Waals surface area contributed by atoms with Crippen LogP contribution in [0.2, 0.25) is 0 Å². The Morgan fingerprint density at radius 2 is 1.84 bits per heavy atom. The molecule has 156 valence electrons. The van der Waals surface area contributed by atoms with Gasteiger partial charge in [-0.25, -0.2) is 15.0 Å². The van der Waals surface area contributed by atoms with Crippen LogP contribution in [0.5, 0.6) is 0 Å². The second kappa shape index (κ2) is 8.67. The zero-order chi connectivity index (χ0) is 21.0. The molecule has 0 radical (unpaired) electrons. The van der Waals surface area contributed by atoms with Crippen molar-refractivity contribution in [2.75, 3.05) is 37.4 Å². The third kappa shape index (κ3) is 4.63. The van der Waals surface area contributed by atoms with Gasteiger partial charge in [0, 0.05) is 43.1 Å². The number of nitrogens with two attached hydrogens (primary N) is 1. The third-order valence-electron chi connectivity index (χ3n) is 5.36. The number of nitrogen functional groups attached to an aromatic ring is 1. The highest BCUT2D eigenvalue weighted by atomic mass is 16.5. The predicted molar refractivity (Wildman–Crippen MR) is 123 cm³/mol. The van der Waals surface area contributed by atoms with Gasteiger partial charge in [0.15, 0.2) is 0 Å². The van der Waals surface area contributed by atoms with E-state index >= 15 is 0 Å². The number of hydrogen-bond acceptors (Lipinski definition) is 7. The molecule has 0 spiro atoms. The Kier molecular flexibility index (Phi) is 5.43. The number of anilines is 3. The van der Waals surface area contributed by atoms with Gasteiger partial charge in [0.25, 0.3) is 0 Å². The molecule has 3 N–H and O–H groups in total. The average Bonchev–Trinajstić information content (AvgIpc) is 2.79. The molecule has 0 unspecified atom stereocenters. The van der Waals surface area contributed by atoms with E-state index in [1.807, 2.05) is 42.6 Å². The molecule has 0 atom stereocenters. The maximum Gasteiger partial charge on any atom is 0.227 e. The van der Waals surface area contributed by atoms with E-state index < -0.39 is 0 Å². The van der Waals surface area contributed by atoms with Gasteiger partial charge in [0.2, 0.25) is 5.95 Å². The van der Waals surface area contributed by atoms with Crippen LogP contribution >= 0.6 is 0 Å². The molecule has 2 aromatic carbocycles. The van der Waals surface area contributed by atoms with E-state index in [2.05, 4.69) is 43.4 Å². The van der Waals surface area contributed by atoms with Crippen LogP contribution in [0.4, 0.5) is 17.5 Å². The quantitative estimate of drug-likeness (QED) is 0.515. The first-order valence-electron chi connectivity index (χ1n) is 10.4. The van der Waals surface area contributed by atoms with Crippen LogP contribution in [0, 0.1) is 0 Å². The highest BCUT2D eigenvalue weighted by Crippen LogP contribution is 2.28. The van der Waals surface area contributed by atoms with Gasteiger partial charge in [-0.05, 0) is 53.1 Å². The van der Waals surface area contributed by atoms with Gasteiger partial charge in [-0.3, -0.25) is 4.90 Å². The summed E-state index contributed by atoms with van der Waals surface area (Å²) < 4.78 is 5.49. The standard InChI is InChI=1S/C24H24N6O/c25-23-14-18(5-6-26-23)20-11-17(16-30-7-9-31-10-8-30)12-21(13-20)28-24-27-15-19-3-1-2-4-22(19)29-24/h1-6,11-15H,7-10,16H2,(H2,25,26)(H,27,28,29). The summed E-state index contributed by atoms with van der Waals surface area (Å²) in [6.07, 6.45) is 3.57. The molecule has 0 bridgehead atoms. The molecule has 0 saturated carbocycles. The molecule has 1 aliphatic rings. The number of benzene rings is 2. The molecule has 0 amide bonds. The zero-order valence-corrected chi connectivity index (χ0v) is 17.2. The number of fused-ring (bicyclic) bond motifs is 1. The monoisotopic (exact) mass is 412 g/mol. The van der Waals surface area contributed by atoms with Crippen molar-refractivity contribution in [3.05, 3.63) is 72.6 Å². The Morgan fingerprint density at radius 3 is 2.71 bits per heavy atom. The number of morpholine rings is 1. The van der Waals surface area contributed by atoms with Crippen LogP contribution < -0.4 is 11.1 Å². The molecule has 2 aromatic heterocycles. The maximum atomic E-state index is 5.93. The van der Waals surface area contributed by atoms with Gasteiger partial charge < -0.3 is 15.8 Å². The van der Waals surface area contributed by atoms with E-state index in [1.54, 1.807) is 6.20 Å².